The number of aryl methyl sites for hydroxylation is 1. The molecule has 1 aliphatic heterocycles. The number of carbonyl (C=O) groups is 2. The fourth-order valence-electron chi connectivity index (χ4n) is 7.22. The average Bonchev–Trinajstić information content (AvgIpc) is 3.54. The summed E-state index contributed by atoms with van der Waals surface area (Å²) in [7, 11) is 1.66. The molecule has 0 radical (unpaired) electrons. The quantitative estimate of drug-likeness (QED) is 0.211. The number of hydrogen-bond donors (Lipinski definition) is 2. The van der Waals surface area contributed by atoms with Crippen molar-refractivity contribution in [3.63, 3.8) is 0 Å². The normalized spacial score (nSPS) is 20.0. The van der Waals surface area contributed by atoms with Gasteiger partial charge in [0.25, 0.3) is 5.91 Å². The van der Waals surface area contributed by atoms with Crippen LogP contribution in [0.3, 0.4) is 0 Å². The number of ether oxygens (including phenoxy) is 1. The lowest BCUT2D eigenvalue weighted by atomic mass is 9.72. The van der Waals surface area contributed by atoms with E-state index in [1.165, 1.54) is 5.56 Å². The highest BCUT2D eigenvalue weighted by molar-refractivity contribution is 5.99. The maximum Gasteiger partial charge on any atom is 0.326 e. The number of methoxy groups -OCH3 is 1. The van der Waals surface area contributed by atoms with E-state index in [4.69, 9.17) is 9.84 Å². The van der Waals surface area contributed by atoms with Crippen LogP contribution in [0.4, 0.5) is 0 Å². The molecule has 2 N–H and O–H groups in total. The van der Waals surface area contributed by atoms with E-state index >= 15 is 0 Å². The maximum atomic E-state index is 14.9. The molecule has 8 nitrogen and oxygen atoms in total. The standard InChI is InChI=1S/C39H48N4O4/c1-24-31(25(2)43(41-24)29-18-14-11-15-19-29)36(44)42-34(26-16-12-10-13-17-26)33(32(39(6,7)8)35(42)37(45)46)40-23-27-22-28(38(3,4)5)20-21-30(27)47-9/h10-22,32-35,40H,23H2,1-9H3,(H,45,46)/t32-,33-,34-,35-/m0/s1. The number of nitrogens with zero attached hydrogens (tertiary/aromatic N) is 3. The van der Waals surface area contributed by atoms with Gasteiger partial charge in [0.2, 0.25) is 0 Å². The summed E-state index contributed by atoms with van der Waals surface area (Å²) in [5.74, 6) is -1.04. The zero-order chi connectivity index (χ0) is 34.3. The van der Waals surface area contributed by atoms with Gasteiger partial charge in [0.05, 0.1) is 35.8 Å². The van der Waals surface area contributed by atoms with E-state index < -0.39 is 35.4 Å². The van der Waals surface area contributed by atoms with Gasteiger partial charge in [-0.1, -0.05) is 102 Å². The monoisotopic (exact) mass is 636 g/mol. The molecular formula is C39H48N4O4. The van der Waals surface area contributed by atoms with Gasteiger partial charge < -0.3 is 20.1 Å². The summed E-state index contributed by atoms with van der Waals surface area (Å²) in [6.07, 6.45) is 0. The first-order valence-electron chi connectivity index (χ1n) is 16.3. The zero-order valence-corrected chi connectivity index (χ0v) is 29.0. The molecule has 0 saturated carbocycles. The van der Waals surface area contributed by atoms with Gasteiger partial charge in [0.15, 0.2) is 0 Å². The van der Waals surface area contributed by atoms with E-state index in [0.29, 0.717) is 23.5 Å². The van der Waals surface area contributed by atoms with Crippen LogP contribution in [0.15, 0.2) is 78.9 Å². The smallest absolute Gasteiger partial charge is 0.326 e. The van der Waals surface area contributed by atoms with Crippen LogP contribution < -0.4 is 10.1 Å². The van der Waals surface area contributed by atoms with E-state index in [1.807, 2.05) is 80.6 Å². The number of amides is 1. The Hall–Kier alpha value is -4.43. The van der Waals surface area contributed by atoms with Gasteiger partial charge in [-0.25, -0.2) is 9.48 Å². The number of benzene rings is 3. The second-order valence-corrected chi connectivity index (χ2v) is 14.7. The van der Waals surface area contributed by atoms with Crippen molar-refractivity contribution in [2.24, 2.45) is 11.3 Å². The van der Waals surface area contributed by atoms with Gasteiger partial charge in [-0.15, -0.1) is 0 Å². The minimum absolute atomic E-state index is 0.0631. The largest absolute Gasteiger partial charge is 0.496 e. The summed E-state index contributed by atoms with van der Waals surface area (Å²) >= 11 is 0. The molecule has 1 amide bonds. The Kier molecular flexibility index (Phi) is 9.38. The van der Waals surface area contributed by atoms with Gasteiger partial charge in [-0.2, -0.15) is 5.10 Å². The molecule has 1 saturated heterocycles. The third-order valence-electron chi connectivity index (χ3n) is 9.48. The van der Waals surface area contributed by atoms with Crippen molar-refractivity contribution < 1.29 is 19.4 Å². The highest BCUT2D eigenvalue weighted by atomic mass is 16.5. The lowest BCUT2D eigenvalue weighted by molar-refractivity contribution is -0.144. The number of hydrogen-bond acceptors (Lipinski definition) is 5. The highest BCUT2D eigenvalue weighted by Gasteiger charge is 2.58. The number of aromatic nitrogens is 2. The highest BCUT2D eigenvalue weighted by Crippen LogP contribution is 2.49. The van der Waals surface area contributed by atoms with Crippen molar-refractivity contribution in [3.8, 4) is 11.4 Å². The van der Waals surface area contributed by atoms with Crippen LogP contribution in [0.25, 0.3) is 5.69 Å². The number of nitrogens with one attached hydrogen (secondary N) is 1. The van der Waals surface area contributed by atoms with Crippen molar-refractivity contribution in [3.05, 3.63) is 113 Å². The first-order valence-corrected chi connectivity index (χ1v) is 16.3. The first-order chi connectivity index (χ1) is 22.1. The number of likely N-dealkylation sites (tertiary alicyclic amines) is 1. The summed E-state index contributed by atoms with van der Waals surface area (Å²) in [4.78, 5) is 29.9. The number of para-hydroxylation sites is 1. The van der Waals surface area contributed by atoms with Crippen molar-refractivity contribution in [1.29, 1.82) is 0 Å². The third-order valence-corrected chi connectivity index (χ3v) is 9.48. The molecule has 0 unspecified atom stereocenters. The molecule has 0 bridgehead atoms. The lowest BCUT2D eigenvalue weighted by Crippen LogP contribution is -2.48. The molecule has 0 aliphatic carbocycles. The van der Waals surface area contributed by atoms with Crippen LogP contribution in [0.2, 0.25) is 0 Å². The lowest BCUT2D eigenvalue weighted by Gasteiger charge is -2.35. The number of aliphatic carboxylic acids is 1. The molecule has 4 aromatic rings. The summed E-state index contributed by atoms with van der Waals surface area (Å²) in [6.45, 7) is 16.8. The Labute approximate surface area is 278 Å². The summed E-state index contributed by atoms with van der Waals surface area (Å²) in [5.41, 5.74) is 4.97. The Bertz CT molecular complexity index is 1730. The fraction of sp³-hybridized carbons (Fsp3) is 0.410. The third kappa shape index (κ3) is 6.57. The molecule has 47 heavy (non-hydrogen) atoms. The minimum atomic E-state index is -1.09. The molecule has 3 aromatic carbocycles. The van der Waals surface area contributed by atoms with Gasteiger partial charge in [0.1, 0.15) is 11.8 Å². The molecule has 0 spiro atoms. The molecule has 1 aromatic heterocycles. The number of carboxylic acid groups (broad SMARTS) is 1. The average molecular weight is 637 g/mol. The van der Waals surface area contributed by atoms with Crippen molar-refractivity contribution >= 4 is 11.9 Å². The van der Waals surface area contributed by atoms with Crippen LogP contribution in [0.1, 0.15) is 86.0 Å². The molecular weight excluding hydrogens is 588 g/mol. The van der Waals surface area contributed by atoms with Crippen LogP contribution in [0, 0.1) is 25.2 Å². The Balaban J connectivity index is 1.66. The first kappa shape index (κ1) is 33.9. The maximum absolute atomic E-state index is 14.9. The fourth-order valence-corrected chi connectivity index (χ4v) is 7.22. The Morgan fingerprint density at radius 1 is 0.915 bits per heavy atom. The summed E-state index contributed by atoms with van der Waals surface area (Å²) in [5, 5.41) is 19.5. The van der Waals surface area contributed by atoms with Crippen LogP contribution in [-0.4, -0.2) is 50.9 Å². The van der Waals surface area contributed by atoms with Crippen LogP contribution >= 0.6 is 0 Å². The SMILES string of the molecule is COc1ccc(C(C)(C)C)cc1CN[C@H]1[C@H](C(C)(C)C)[C@@H](C(=O)O)N(C(=O)c2c(C)nn(-c3ccccc3)c2C)[C@H]1c1ccccc1. The number of carboxylic acids is 1. The molecule has 248 valence electrons. The Morgan fingerprint density at radius 3 is 2.09 bits per heavy atom. The summed E-state index contributed by atoms with van der Waals surface area (Å²) < 4.78 is 7.53. The van der Waals surface area contributed by atoms with E-state index in [2.05, 4.69) is 59.0 Å². The van der Waals surface area contributed by atoms with Crippen molar-refractivity contribution in [2.45, 2.75) is 85.5 Å². The van der Waals surface area contributed by atoms with Gasteiger partial charge in [-0.05, 0) is 54.0 Å². The van der Waals surface area contributed by atoms with E-state index in [-0.39, 0.29) is 11.3 Å². The molecule has 2 heterocycles. The Morgan fingerprint density at radius 2 is 1.53 bits per heavy atom. The van der Waals surface area contributed by atoms with Gasteiger partial charge in [-0.3, -0.25) is 4.79 Å². The molecule has 4 atom stereocenters. The van der Waals surface area contributed by atoms with E-state index in [9.17, 15) is 14.7 Å². The van der Waals surface area contributed by atoms with Crippen LogP contribution in [0.5, 0.6) is 5.75 Å². The van der Waals surface area contributed by atoms with Crippen LogP contribution in [-0.2, 0) is 16.8 Å². The molecule has 5 rings (SSSR count). The number of rotatable bonds is 8. The molecule has 1 fully saturated rings. The number of carbonyl (C=O) groups excluding carboxylic acids is 1. The van der Waals surface area contributed by atoms with Crippen molar-refractivity contribution in [1.82, 2.24) is 20.0 Å². The minimum Gasteiger partial charge on any atom is -0.496 e. The van der Waals surface area contributed by atoms with Gasteiger partial charge >= 0.3 is 5.97 Å². The van der Waals surface area contributed by atoms with Crippen molar-refractivity contribution in [2.75, 3.05) is 7.11 Å². The second-order valence-electron chi connectivity index (χ2n) is 14.7. The second kappa shape index (κ2) is 13.0. The molecule has 8 heteroatoms. The summed E-state index contributed by atoms with van der Waals surface area (Å²) in [6, 6.07) is 23.6. The predicted octanol–water partition coefficient (Wildman–Crippen LogP) is 7.27. The molecule has 1 aliphatic rings. The van der Waals surface area contributed by atoms with E-state index in [1.54, 1.807) is 16.7 Å². The zero-order valence-electron chi connectivity index (χ0n) is 29.0. The van der Waals surface area contributed by atoms with Gasteiger partial charge in [0, 0.05) is 24.1 Å². The predicted molar refractivity (Wildman–Crippen MR) is 185 cm³/mol. The topological polar surface area (TPSA) is 96.7 Å². The van der Waals surface area contributed by atoms with E-state index in [0.717, 1.165) is 22.6 Å².